The summed E-state index contributed by atoms with van der Waals surface area (Å²) in [5.41, 5.74) is 3.21. The van der Waals surface area contributed by atoms with Gasteiger partial charge in [-0.15, -0.1) is 0 Å². The van der Waals surface area contributed by atoms with Crippen LogP contribution in [0.1, 0.15) is 26.2 Å². The monoisotopic (exact) mass is 379 g/mol. The number of carbonyl (C=O) groups excluding carboxylic acids is 1. The van der Waals surface area contributed by atoms with Crippen molar-refractivity contribution in [2.45, 2.75) is 32.7 Å². The number of hydrogen-bond acceptors (Lipinski definition) is 4. The first-order valence-corrected chi connectivity index (χ1v) is 9.83. The predicted molar refractivity (Wildman–Crippen MR) is 111 cm³/mol. The van der Waals surface area contributed by atoms with Crippen molar-refractivity contribution in [1.29, 1.82) is 0 Å². The SMILES string of the molecule is CC1CCN(c2ccc(NC(=O)CCn3c(=O)oc4ccccc43)cc2)CC1. The molecule has 1 amide bonds. The third kappa shape index (κ3) is 3.96. The molecule has 28 heavy (non-hydrogen) atoms. The zero-order valence-electron chi connectivity index (χ0n) is 16.1. The first kappa shape index (κ1) is 18.3. The number of anilines is 2. The molecule has 1 N–H and O–H groups in total. The summed E-state index contributed by atoms with van der Waals surface area (Å²) in [6, 6.07) is 15.2. The van der Waals surface area contributed by atoms with Crippen LogP contribution < -0.4 is 16.0 Å². The predicted octanol–water partition coefficient (Wildman–Crippen LogP) is 3.86. The van der Waals surface area contributed by atoms with Gasteiger partial charge >= 0.3 is 5.76 Å². The van der Waals surface area contributed by atoms with E-state index in [1.54, 1.807) is 6.07 Å². The average Bonchev–Trinajstić information content (AvgIpc) is 3.03. The minimum Gasteiger partial charge on any atom is -0.408 e. The Morgan fingerprint density at radius 2 is 1.82 bits per heavy atom. The lowest BCUT2D eigenvalue weighted by Gasteiger charge is -2.32. The lowest BCUT2D eigenvalue weighted by atomic mass is 9.99. The number of para-hydroxylation sites is 2. The maximum atomic E-state index is 12.3. The van der Waals surface area contributed by atoms with Crippen molar-refractivity contribution >= 4 is 28.4 Å². The van der Waals surface area contributed by atoms with Gasteiger partial charge in [-0.1, -0.05) is 19.1 Å². The Balaban J connectivity index is 1.35. The van der Waals surface area contributed by atoms with E-state index in [-0.39, 0.29) is 18.9 Å². The summed E-state index contributed by atoms with van der Waals surface area (Å²) in [7, 11) is 0. The number of piperidine rings is 1. The van der Waals surface area contributed by atoms with E-state index >= 15 is 0 Å². The van der Waals surface area contributed by atoms with E-state index < -0.39 is 5.76 Å². The molecule has 0 radical (unpaired) electrons. The fourth-order valence-electron chi connectivity index (χ4n) is 3.68. The van der Waals surface area contributed by atoms with Crippen molar-refractivity contribution in [3.8, 4) is 0 Å². The highest BCUT2D eigenvalue weighted by atomic mass is 16.4. The van der Waals surface area contributed by atoms with Crippen molar-refractivity contribution in [3.63, 3.8) is 0 Å². The Morgan fingerprint density at radius 1 is 1.11 bits per heavy atom. The van der Waals surface area contributed by atoms with E-state index in [2.05, 4.69) is 29.3 Å². The Kier molecular flexibility index (Phi) is 5.19. The summed E-state index contributed by atoms with van der Waals surface area (Å²) in [5.74, 6) is 0.237. The first-order chi connectivity index (χ1) is 13.6. The number of nitrogens with zero attached hydrogens (tertiary/aromatic N) is 2. The molecular weight excluding hydrogens is 354 g/mol. The molecule has 2 heterocycles. The largest absolute Gasteiger partial charge is 0.419 e. The number of aromatic nitrogens is 1. The maximum absolute atomic E-state index is 12.3. The van der Waals surface area contributed by atoms with Crippen molar-refractivity contribution in [3.05, 3.63) is 59.1 Å². The average molecular weight is 379 g/mol. The van der Waals surface area contributed by atoms with Gasteiger partial charge in [-0.05, 0) is 55.2 Å². The number of amides is 1. The molecule has 1 aliphatic rings. The van der Waals surface area contributed by atoms with Gasteiger partial charge in [0, 0.05) is 37.4 Å². The van der Waals surface area contributed by atoms with E-state index in [4.69, 9.17) is 4.42 Å². The number of hydrogen-bond donors (Lipinski definition) is 1. The number of rotatable bonds is 5. The number of fused-ring (bicyclic) bond motifs is 1. The second kappa shape index (κ2) is 7.92. The molecule has 4 rings (SSSR count). The molecule has 1 aliphatic heterocycles. The van der Waals surface area contributed by atoms with Gasteiger partial charge in [-0.25, -0.2) is 4.79 Å². The van der Waals surface area contributed by atoms with Crippen LogP contribution in [0.25, 0.3) is 11.1 Å². The summed E-state index contributed by atoms with van der Waals surface area (Å²) in [6.45, 7) is 4.75. The maximum Gasteiger partial charge on any atom is 0.419 e. The number of benzene rings is 2. The molecule has 6 heteroatoms. The molecule has 1 saturated heterocycles. The zero-order chi connectivity index (χ0) is 19.5. The zero-order valence-corrected chi connectivity index (χ0v) is 16.1. The second-order valence-corrected chi connectivity index (χ2v) is 7.50. The van der Waals surface area contributed by atoms with E-state index in [9.17, 15) is 9.59 Å². The molecule has 0 unspecified atom stereocenters. The smallest absolute Gasteiger partial charge is 0.408 e. The molecule has 0 aliphatic carbocycles. The van der Waals surface area contributed by atoms with Gasteiger partial charge in [0.25, 0.3) is 0 Å². The molecule has 1 aromatic heterocycles. The molecule has 2 aromatic carbocycles. The van der Waals surface area contributed by atoms with Crippen LogP contribution in [0.2, 0.25) is 0 Å². The van der Waals surface area contributed by atoms with Crippen LogP contribution in [-0.4, -0.2) is 23.6 Å². The van der Waals surface area contributed by atoms with Crippen LogP contribution in [0.4, 0.5) is 11.4 Å². The van der Waals surface area contributed by atoms with Gasteiger partial charge in [-0.3, -0.25) is 9.36 Å². The van der Waals surface area contributed by atoms with Gasteiger partial charge in [-0.2, -0.15) is 0 Å². The summed E-state index contributed by atoms with van der Waals surface area (Å²) in [6.07, 6.45) is 2.65. The summed E-state index contributed by atoms with van der Waals surface area (Å²) < 4.78 is 6.69. The molecule has 0 bridgehead atoms. The Bertz CT molecular complexity index is 1010. The normalized spacial score (nSPS) is 15.1. The quantitative estimate of drug-likeness (QED) is 0.731. The topological polar surface area (TPSA) is 67.5 Å². The van der Waals surface area contributed by atoms with Gasteiger partial charge in [0.05, 0.1) is 5.52 Å². The molecule has 1 fully saturated rings. The van der Waals surface area contributed by atoms with E-state index in [1.165, 1.54) is 23.1 Å². The van der Waals surface area contributed by atoms with Gasteiger partial charge in [0.15, 0.2) is 5.58 Å². The minimum absolute atomic E-state index is 0.128. The molecular formula is C22H25N3O3. The summed E-state index contributed by atoms with van der Waals surface area (Å²) >= 11 is 0. The van der Waals surface area contributed by atoms with Gasteiger partial charge in [0.1, 0.15) is 0 Å². The third-order valence-corrected chi connectivity index (χ3v) is 5.44. The summed E-state index contributed by atoms with van der Waals surface area (Å²) in [5, 5.41) is 2.91. The lowest BCUT2D eigenvalue weighted by molar-refractivity contribution is -0.116. The number of oxazole rings is 1. The highest BCUT2D eigenvalue weighted by molar-refractivity contribution is 5.91. The number of carbonyl (C=O) groups is 1. The van der Waals surface area contributed by atoms with Gasteiger partial charge in [0.2, 0.25) is 5.91 Å². The van der Waals surface area contributed by atoms with Crippen molar-refractivity contribution in [2.24, 2.45) is 5.92 Å². The highest BCUT2D eigenvalue weighted by Crippen LogP contribution is 2.24. The lowest BCUT2D eigenvalue weighted by Crippen LogP contribution is -2.32. The van der Waals surface area contributed by atoms with Gasteiger partial charge < -0.3 is 14.6 Å². The van der Waals surface area contributed by atoms with Crippen LogP contribution >= 0.6 is 0 Å². The van der Waals surface area contributed by atoms with E-state index in [0.29, 0.717) is 11.1 Å². The number of nitrogens with one attached hydrogen (secondary N) is 1. The second-order valence-electron chi connectivity index (χ2n) is 7.50. The molecule has 3 aromatic rings. The van der Waals surface area contributed by atoms with Crippen LogP contribution in [0.3, 0.4) is 0 Å². The van der Waals surface area contributed by atoms with Crippen molar-refractivity contribution in [2.75, 3.05) is 23.3 Å². The van der Waals surface area contributed by atoms with E-state index in [0.717, 1.165) is 24.7 Å². The standard InChI is InChI=1S/C22H25N3O3/c1-16-10-13-24(14-11-16)18-8-6-17(7-9-18)23-21(26)12-15-25-19-4-2-3-5-20(19)28-22(25)27/h2-9,16H,10-15H2,1H3,(H,23,26). The van der Waals surface area contributed by atoms with E-state index in [1.807, 2.05) is 30.3 Å². The fraction of sp³-hybridized carbons (Fsp3) is 0.364. The van der Waals surface area contributed by atoms with Crippen molar-refractivity contribution < 1.29 is 9.21 Å². The van der Waals surface area contributed by atoms with Crippen molar-refractivity contribution in [1.82, 2.24) is 4.57 Å². The number of aryl methyl sites for hydroxylation is 1. The molecule has 0 saturated carbocycles. The fourth-order valence-corrected chi connectivity index (χ4v) is 3.68. The minimum atomic E-state index is -0.436. The first-order valence-electron chi connectivity index (χ1n) is 9.83. The third-order valence-electron chi connectivity index (χ3n) is 5.44. The van der Waals surface area contributed by atoms with Crippen LogP contribution in [0.5, 0.6) is 0 Å². The van der Waals surface area contributed by atoms with Crippen LogP contribution in [-0.2, 0) is 11.3 Å². The summed E-state index contributed by atoms with van der Waals surface area (Å²) in [4.78, 5) is 26.7. The Hall–Kier alpha value is -3.02. The molecule has 146 valence electrons. The Labute approximate surface area is 163 Å². The molecule has 0 spiro atoms. The highest BCUT2D eigenvalue weighted by Gasteiger charge is 2.16. The van der Waals surface area contributed by atoms with Crippen LogP contribution in [0.15, 0.2) is 57.7 Å². The molecule has 6 nitrogen and oxygen atoms in total. The van der Waals surface area contributed by atoms with Crippen LogP contribution in [0, 0.1) is 5.92 Å². The molecule has 0 atom stereocenters. The Morgan fingerprint density at radius 3 is 2.57 bits per heavy atom.